The quantitative estimate of drug-likeness (QED) is 0.780. The molecule has 0 saturated heterocycles. The molecule has 0 radical (unpaired) electrons. The monoisotopic (exact) mass is 212 g/mol. The molecule has 2 aliphatic carbocycles. The van der Waals surface area contributed by atoms with Gasteiger partial charge in [0, 0.05) is 13.7 Å². The lowest BCUT2D eigenvalue weighted by Crippen LogP contribution is -2.36. The number of carbonyl (C=O) groups is 1. The van der Waals surface area contributed by atoms with Crippen LogP contribution in [0.25, 0.3) is 0 Å². The van der Waals surface area contributed by atoms with Gasteiger partial charge in [-0.25, -0.2) is 0 Å². The highest BCUT2D eigenvalue weighted by Gasteiger charge is 2.53. The van der Waals surface area contributed by atoms with E-state index in [0.29, 0.717) is 5.92 Å². The molecule has 3 nitrogen and oxygen atoms in total. The number of hydrogen-bond donors (Lipinski definition) is 1. The summed E-state index contributed by atoms with van der Waals surface area (Å²) in [5, 5.41) is 9.28. The third kappa shape index (κ3) is 1.67. The number of methoxy groups -OCH3 is 1. The zero-order valence-corrected chi connectivity index (χ0v) is 9.37. The van der Waals surface area contributed by atoms with E-state index in [1.807, 2.05) is 0 Å². The Labute approximate surface area is 90.8 Å². The summed E-state index contributed by atoms with van der Waals surface area (Å²) in [4.78, 5) is 11.3. The summed E-state index contributed by atoms with van der Waals surface area (Å²) >= 11 is 0. The second-order valence-corrected chi connectivity index (χ2v) is 5.06. The van der Waals surface area contributed by atoms with Crippen molar-refractivity contribution >= 4 is 5.97 Å². The molecular weight excluding hydrogens is 192 g/mol. The standard InChI is InChI=1S/C12H20O3/c1-15-8-9-4-2-6-12(9)7-3-5-10(12)11(13)14/h9-10H,2-8H2,1H3,(H,13,14)/t9-,10-,12+/m0/s1. The van der Waals surface area contributed by atoms with E-state index >= 15 is 0 Å². The fourth-order valence-corrected chi connectivity index (χ4v) is 3.87. The predicted octanol–water partition coefficient (Wildman–Crippen LogP) is 2.30. The number of ether oxygens (including phenoxy) is 1. The lowest BCUT2D eigenvalue weighted by atomic mass is 9.70. The first-order chi connectivity index (χ1) is 7.20. The molecule has 0 heterocycles. The van der Waals surface area contributed by atoms with Gasteiger partial charge in [0.25, 0.3) is 0 Å². The fourth-order valence-electron chi connectivity index (χ4n) is 3.87. The van der Waals surface area contributed by atoms with Gasteiger partial charge in [-0.2, -0.15) is 0 Å². The second-order valence-electron chi connectivity index (χ2n) is 5.06. The number of rotatable bonds is 3. The van der Waals surface area contributed by atoms with Crippen LogP contribution in [-0.4, -0.2) is 24.8 Å². The molecule has 1 spiro atoms. The Hall–Kier alpha value is -0.570. The van der Waals surface area contributed by atoms with Crippen LogP contribution < -0.4 is 0 Å². The van der Waals surface area contributed by atoms with Crippen LogP contribution in [0.3, 0.4) is 0 Å². The Morgan fingerprint density at radius 1 is 1.40 bits per heavy atom. The summed E-state index contributed by atoms with van der Waals surface area (Å²) in [6, 6.07) is 0. The molecule has 3 atom stereocenters. The van der Waals surface area contributed by atoms with Gasteiger partial charge in [-0.1, -0.05) is 12.8 Å². The summed E-state index contributed by atoms with van der Waals surface area (Å²) in [5.41, 5.74) is 0.0713. The topological polar surface area (TPSA) is 46.5 Å². The van der Waals surface area contributed by atoms with E-state index in [1.54, 1.807) is 7.11 Å². The molecule has 86 valence electrons. The van der Waals surface area contributed by atoms with Crippen molar-refractivity contribution in [2.45, 2.75) is 38.5 Å². The zero-order valence-electron chi connectivity index (χ0n) is 9.37. The van der Waals surface area contributed by atoms with Crippen molar-refractivity contribution in [3.63, 3.8) is 0 Å². The van der Waals surface area contributed by atoms with Crippen LogP contribution in [0.2, 0.25) is 0 Å². The van der Waals surface area contributed by atoms with E-state index in [9.17, 15) is 9.90 Å². The molecule has 15 heavy (non-hydrogen) atoms. The first-order valence-electron chi connectivity index (χ1n) is 5.92. The van der Waals surface area contributed by atoms with Crippen LogP contribution in [0.1, 0.15) is 38.5 Å². The minimum absolute atomic E-state index is 0.0713. The number of hydrogen-bond acceptors (Lipinski definition) is 2. The van der Waals surface area contributed by atoms with Gasteiger partial charge in [-0.15, -0.1) is 0 Å². The molecule has 0 aromatic carbocycles. The van der Waals surface area contributed by atoms with Crippen molar-refractivity contribution in [1.29, 1.82) is 0 Å². The van der Waals surface area contributed by atoms with Crippen molar-refractivity contribution in [3.8, 4) is 0 Å². The van der Waals surface area contributed by atoms with E-state index in [4.69, 9.17) is 4.74 Å². The molecule has 2 aliphatic rings. The van der Waals surface area contributed by atoms with Crippen molar-refractivity contribution in [1.82, 2.24) is 0 Å². The average molecular weight is 212 g/mol. The third-order valence-electron chi connectivity index (χ3n) is 4.50. The van der Waals surface area contributed by atoms with E-state index in [0.717, 1.165) is 38.7 Å². The van der Waals surface area contributed by atoms with Gasteiger partial charge < -0.3 is 9.84 Å². The summed E-state index contributed by atoms with van der Waals surface area (Å²) in [6.07, 6.45) is 6.47. The molecule has 0 aromatic rings. The minimum atomic E-state index is -0.587. The Morgan fingerprint density at radius 2 is 2.07 bits per heavy atom. The average Bonchev–Trinajstić information content (AvgIpc) is 2.77. The third-order valence-corrected chi connectivity index (χ3v) is 4.50. The zero-order chi connectivity index (χ0) is 10.9. The molecule has 2 rings (SSSR count). The molecule has 2 saturated carbocycles. The van der Waals surface area contributed by atoms with Crippen LogP contribution >= 0.6 is 0 Å². The number of carboxylic acid groups (broad SMARTS) is 1. The highest BCUT2D eigenvalue weighted by molar-refractivity contribution is 5.71. The minimum Gasteiger partial charge on any atom is -0.481 e. The largest absolute Gasteiger partial charge is 0.481 e. The molecule has 0 amide bonds. The highest BCUT2D eigenvalue weighted by Crippen LogP contribution is 2.57. The summed E-state index contributed by atoms with van der Waals surface area (Å²) in [5.74, 6) is -0.221. The van der Waals surface area contributed by atoms with Crippen molar-refractivity contribution in [3.05, 3.63) is 0 Å². The van der Waals surface area contributed by atoms with Crippen LogP contribution in [-0.2, 0) is 9.53 Å². The first-order valence-corrected chi connectivity index (χ1v) is 5.92. The molecule has 3 heteroatoms. The van der Waals surface area contributed by atoms with Gasteiger partial charge in [0.05, 0.1) is 5.92 Å². The van der Waals surface area contributed by atoms with Gasteiger partial charge in [0.1, 0.15) is 0 Å². The van der Waals surface area contributed by atoms with Gasteiger partial charge in [0.15, 0.2) is 0 Å². The van der Waals surface area contributed by atoms with Crippen LogP contribution in [0.4, 0.5) is 0 Å². The lowest BCUT2D eigenvalue weighted by molar-refractivity contribution is -0.147. The maximum Gasteiger partial charge on any atom is 0.307 e. The smallest absolute Gasteiger partial charge is 0.307 e. The van der Waals surface area contributed by atoms with Gasteiger partial charge in [0.2, 0.25) is 0 Å². The normalized spacial score (nSPS) is 40.1. The maximum absolute atomic E-state index is 11.3. The van der Waals surface area contributed by atoms with Crippen molar-refractivity contribution in [2.75, 3.05) is 13.7 Å². The van der Waals surface area contributed by atoms with Crippen LogP contribution in [0.5, 0.6) is 0 Å². The molecule has 0 aliphatic heterocycles. The van der Waals surface area contributed by atoms with Crippen LogP contribution in [0, 0.1) is 17.3 Å². The van der Waals surface area contributed by atoms with Gasteiger partial charge in [-0.05, 0) is 37.0 Å². The molecular formula is C12H20O3. The van der Waals surface area contributed by atoms with Crippen molar-refractivity contribution in [2.24, 2.45) is 17.3 Å². The Balaban J connectivity index is 2.18. The summed E-state index contributed by atoms with van der Waals surface area (Å²) in [6.45, 7) is 0.740. The highest BCUT2D eigenvalue weighted by atomic mass is 16.5. The maximum atomic E-state index is 11.3. The van der Waals surface area contributed by atoms with Gasteiger partial charge in [-0.3, -0.25) is 4.79 Å². The number of aliphatic carboxylic acids is 1. The SMILES string of the molecule is COC[C@@H]1CCC[C@@]12CCC[C@H]2C(=O)O. The Bertz CT molecular complexity index is 247. The molecule has 2 fully saturated rings. The summed E-state index contributed by atoms with van der Waals surface area (Å²) in [7, 11) is 1.72. The number of carboxylic acids is 1. The van der Waals surface area contributed by atoms with Crippen molar-refractivity contribution < 1.29 is 14.6 Å². The molecule has 0 bridgehead atoms. The summed E-state index contributed by atoms with van der Waals surface area (Å²) < 4.78 is 5.25. The van der Waals surface area contributed by atoms with Gasteiger partial charge >= 0.3 is 5.97 Å². The Kier molecular flexibility index (Phi) is 3.01. The van der Waals surface area contributed by atoms with E-state index < -0.39 is 5.97 Å². The lowest BCUT2D eigenvalue weighted by Gasteiger charge is -2.35. The fraction of sp³-hybridized carbons (Fsp3) is 0.917. The van der Waals surface area contributed by atoms with Crippen LogP contribution in [0.15, 0.2) is 0 Å². The predicted molar refractivity (Wildman–Crippen MR) is 56.6 cm³/mol. The first kappa shape index (κ1) is 10.9. The Morgan fingerprint density at radius 3 is 2.67 bits per heavy atom. The van der Waals surface area contributed by atoms with E-state index in [2.05, 4.69) is 0 Å². The molecule has 0 unspecified atom stereocenters. The second kappa shape index (κ2) is 4.12. The molecule has 1 N–H and O–H groups in total. The molecule has 0 aromatic heterocycles. The van der Waals surface area contributed by atoms with E-state index in [-0.39, 0.29) is 11.3 Å². The van der Waals surface area contributed by atoms with E-state index in [1.165, 1.54) is 6.42 Å².